The maximum absolute atomic E-state index is 9.80. The zero-order chi connectivity index (χ0) is 22.5. The first-order valence-electron chi connectivity index (χ1n) is 10.9. The van der Waals surface area contributed by atoms with Crippen LogP contribution in [-0.2, 0) is 9.47 Å². The molecule has 0 aliphatic heterocycles. The molecule has 32 heavy (non-hydrogen) atoms. The summed E-state index contributed by atoms with van der Waals surface area (Å²) >= 11 is 5.07. The van der Waals surface area contributed by atoms with E-state index in [0.29, 0.717) is 30.7 Å². The Morgan fingerprint density at radius 1 is 1.09 bits per heavy atom. The van der Waals surface area contributed by atoms with E-state index in [0.717, 1.165) is 45.5 Å². The summed E-state index contributed by atoms with van der Waals surface area (Å²) in [6, 6.07) is 8.07. The topological polar surface area (TPSA) is 101 Å². The first-order chi connectivity index (χ1) is 15.5. The molecule has 3 N–H and O–H groups in total. The Morgan fingerprint density at radius 3 is 2.56 bits per heavy atom. The van der Waals surface area contributed by atoms with Crippen molar-refractivity contribution in [1.29, 1.82) is 0 Å². The van der Waals surface area contributed by atoms with E-state index in [2.05, 4.69) is 41.5 Å². The number of nitrogens with zero attached hydrogens (tertiary/aromatic N) is 3. The Kier molecular flexibility index (Phi) is 7.90. The summed E-state index contributed by atoms with van der Waals surface area (Å²) < 4.78 is 13.6. The monoisotopic (exact) mass is 521 g/mol. The van der Waals surface area contributed by atoms with Crippen LogP contribution in [0.25, 0.3) is 10.2 Å². The van der Waals surface area contributed by atoms with Crippen molar-refractivity contribution in [2.75, 3.05) is 23.8 Å². The second-order valence-corrected chi connectivity index (χ2v) is 9.60. The molecule has 0 saturated heterocycles. The van der Waals surface area contributed by atoms with Crippen molar-refractivity contribution in [3.63, 3.8) is 0 Å². The number of fused-ring (bicyclic) bond motifs is 1. The van der Waals surface area contributed by atoms with Crippen LogP contribution in [0.3, 0.4) is 0 Å². The molecule has 0 bridgehead atoms. The Labute approximate surface area is 199 Å². The molecule has 0 amide bonds. The Morgan fingerprint density at radius 2 is 1.84 bits per heavy atom. The Balaban J connectivity index is 1.61. The van der Waals surface area contributed by atoms with Gasteiger partial charge < -0.3 is 25.2 Å². The molecular formula is C22H28BrN5O3S. The van der Waals surface area contributed by atoms with Gasteiger partial charge >= 0.3 is 0 Å². The zero-order valence-corrected chi connectivity index (χ0v) is 20.6. The summed E-state index contributed by atoms with van der Waals surface area (Å²) in [6.45, 7) is 4.87. The first-order valence-corrected chi connectivity index (χ1v) is 12.5. The van der Waals surface area contributed by atoms with Gasteiger partial charge in [-0.25, -0.2) is 9.97 Å². The number of aromatic nitrogens is 3. The summed E-state index contributed by atoms with van der Waals surface area (Å²) in [5.74, 6) is 1.13. The van der Waals surface area contributed by atoms with Gasteiger partial charge in [-0.1, -0.05) is 27.3 Å². The Bertz CT molecular complexity index is 1040. The number of nitrogens with one attached hydrogen (secondary N) is 2. The van der Waals surface area contributed by atoms with Crippen LogP contribution in [0.1, 0.15) is 51.5 Å². The van der Waals surface area contributed by atoms with Gasteiger partial charge in [-0.2, -0.15) is 4.98 Å². The van der Waals surface area contributed by atoms with Crippen LogP contribution in [0.5, 0.6) is 0 Å². The molecule has 8 nitrogen and oxygen atoms in total. The van der Waals surface area contributed by atoms with E-state index in [1.807, 2.05) is 38.1 Å². The van der Waals surface area contributed by atoms with Gasteiger partial charge in [0.2, 0.25) is 12.2 Å². The smallest absolute Gasteiger partial charge is 0.225 e. The summed E-state index contributed by atoms with van der Waals surface area (Å²) in [7, 11) is 0. The van der Waals surface area contributed by atoms with Crippen LogP contribution in [0, 0.1) is 0 Å². The van der Waals surface area contributed by atoms with Crippen LogP contribution in [0.2, 0.25) is 0 Å². The lowest BCUT2D eigenvalue weighted by Crippen LogP contribution is -2.29. The molecule has 0 radical (unpaired) electrons. The number of aliphatic hydroxyl groups is 1. The minimum atomic E-state index is -0.575. The summed E-state index contributed by atoms with van der Waals surface area (Å²) in [6.07, 6.45) is 2.54. The van der Waals surface area contributed by atoms with E-state index < -0.39 is 6.29 Å². The molecule has 0 spiro atoms. The van der Waals surface area contributed by atoms with Crippen LogP contribution in [0.4, 0.5) is 16.9 Å². The lowest BCUT2D eigenvalue weighted by molar-refractivity contribution is -0.142. The molecule has 10 heteroatoms. The fraction of sp³-hybridized carbons (Fsp3) is 0.500. The summed E-state index contributed by atoms with van der Waals surface area (Å²) in [4.78, 5) is 14.0. The van der Waals surface area contributed by atoms with Crippen molar-refractivity contribution in [2.45, 2.75) is 58.0 Å². The van der Waals surface area contributed by atoms with E-state index >= 15 is 0 Å². The van der Waals surface area contributed by atoms with E-state index in [9.17, 15) is 5.11 Å². The number of hydrogen-bond donors (Lipinski definition) is 3. The van der Waals surface area contributed by atoms with Crippen LogP contribution < -0.4 is 10.6 Å². The second-order valence-electron chi connectivity index (χ2n) is 7.65. The van der Waals surface area contributed by atoms with Crippen LogP contribution in [-0.4, -0.2) is 45.4 Å². The highest BCUT2D eigenvalue weighted by atomic mass is 79.9. The van der Waals surface area contributed by atoms with Crippen LogP contribution >= 0.6 is 27.3 Å². The molecule has 1 aliphatic carbocycles. The van der Waals surface area contributed by atoms with Crippen LogP contribution in [0.15, 0.2) is 28.7 Å². The standard InChI is InChI=1S/C22H28BrN5O3S/c1-3-30-20(31-4-2)17-12-19(27-21(25-17)24-14-6-8-15(29)9-7-14)28-22-26-16-10-5-13(23)11-18(16)32-22/h5,10-12,14-15,20,29H,3-4,6-9H2,1-2H3,(H2,24,25,26,27,28)/t14-,15-. The molecule has 0 atom stereocenters. The number of ether oxygens (including phenoxy) is 2. The van der Waals surface area contributed by atoms with E-state index in [-0.39, 0.29) is 12.1 Å². The van der Waals surface area contributed by atoms with Gasteiger partial charge in [0.1, 0.15) is 11.5 Å². The van der Waals surface area contributed by atoms with E-state index in [1.54, 1.807) is 11.3 Å². The largest absolute Gasteiger partial charge is 0.393 e. The van der Waals surface area contributed by atoms with Crippen molar-refractivity contribution in [1.82, 2.24) is 15.0 Å². The molecule has 1 aliphatic rings. The molecule has 1 fully saturated rings. The third kappa shape index (κ3) is 5.93. The summed E-state index contributed by atoms with van der Waals surface area (Å²) in [5, 5.41) is 17.3. The molecule has 0 unspecified atom stereocenters. The second kappa shape index (κ2) is 10.8. The molecule has 172 valence electrons. The molecule has 2 aromatic heterocycles. The molecule has 4 rings (SSSR count). The first kappa shape index (κ1) is 23.3. The van der Waals surface area contributed by atoms with Gasteiger partial charge in [-0.15, -0.1) is 0 Å². The van der Waals surface area contributed by atoms with Gasteiger partial charge in [0.05, 0.1) is 16.3 Å². The molecule has 3 aromatic rings. The van der Waals surface area contributed by atoms with E-state index in [1.165, 1.54) is 0 Å². The number of hydrogen-bond acceptors (Lipinski definition) is 9. The van der Waals surface area contributed by atoms with Gasteiger partial charge in [-0.05, 0) is 57.7 Å². The van der Waals surface area contributed by atoms with Gasteiger partial charge in [0, 0.05) is 29.8 Å². The maximum Gasteiger partial charge on any atom is 0.225 e. The average Bonchev–Trinajstić information content (AvgIpc) is 3.16. The highest BCUT2D eigenvalue weighted by Crippen LogP contribution is 2.31. The van der Waals surface area contributed by atoms with E-state index in [4.69, 9.17) is 9.47 Å². The number of thiazole rings is 1. The number of halogens is 1. The normalized spacial score (nSPS) is 18.9. The molecule has 1 saturated carbocycles. The van der Waals surface area contributed by atoms with Crippen molar-refractivity contribution in [2.24, 2.45) is 0 Å². The molecule has 2 heterocycles. The predicted molar refractivity (Wildman–Crippen MR) is 131 cm³/mol. The molecular weight excluding hydrogens is 494 g/mol. The number of aliphatic hydroxyl groups excluding tert-OH is 1. The van der Waals surface area contributed by atoms with Crippen molar-refractivity contribution in [3.05, 3.63) is 34.4 Å². The molecule has 1 aromatic carbocycles. The minimum absolute atomic E-state index is 0.211. The average molecular weight is 522 g/mol. The lowest BCUT2D eigenvalue weighted by Gasteiger charge is -2.26. The van der Waals surface area contributed by atoms with Crippen molar-refractivity contribution in [3.8, 4) is 0 Å². The van der Waals surface area contributed by atoms with Gasteiger partial charge in [0.15, 0.2) is 5.13 Å². The fourth-order valence-electron chi connectivity index (χ4n) is 3.70. The van der Waals surface area contributed by atoms with Gasteiger partial charge in [0.25, 0.3) is 0 Å². The minimum Gasteiger partial charge on any atom is -0.393 e. The number of benzene rings is 1. The maximum atomic E-state index is 9.80. The van der Waals surface area contributed by atoms with Gasteiger partial charge in [-0.3, -0.25) is 0 Å². The third-order valence-electron chi connectivity index (χ3n) is 5.24. The zero-order valence-electron chi connectivity index (χ0n) is 18.2. The number of rotatable bonds is 9. The van der Waals surface area contributed by atoms with Crippen molar-refractivity contribution < 1.29 is 14.6 Å². The Hall–Kier alpha value is -1.85. The van der Waals surface area contributed by atoms with Crippen molar-refractivity contribution >= 4 is 54.4 Å². The quantitative estimate of drug-likeness (QED) is 0.322. The SMILES string of the molecule is CCOC(OCC)c1cc(Nc2nc3ccc(Br)cc3s2)nc(N[C@H]2CC[C@H](O)CC2)n1. The lowest BCUT2D eigenvalue weighted by atomic mass is 9.93. The predicted octanol–water partition coefficient (Wildman–Crippen LogP) is 5.38. The third-order valence-corrected chi connectivity index (χ3v) is 6.67. The fourth-order valence-corrected chi connectivity index (χ4v) is 5.13. The highest BCUT2D eigenvalue weighted by Gasteiger charge is 2.22. The number of anilines is 3. The summed E-state index contributed by atoms with van der Waals surface area (Å²) in [5.41, 5.74) is 1.57. The highest BCUT2D eigenvalue weighted by molar-refractivity contribution is 9.10.